The van der Waals surface area contributed by atoms with Crippen LogP contribution in [0.4, 0.5) is 0 Å². The van der Waals surface area contributed by atoms with Gasteiger partial charge in [-0.2, -0.15) is 0 Å². The van der Waals surface area contributed by atoms with Crippen molar-refractivity contribution >= 4 is 17.8 Å². The molecular weight excluding hydrogens is 709 g/mol. The summed E-state index contributed by atoms with van der Waals surface area (Å²) in [7, 11) is 0. The van der Waals surface area contributed by atoms with Crippen LogP contribution in [0.25, 0.3) is 0 Å². The number of rotatable bonds is 38. The largest absolute Gasteiger partial charge is 0.480 e. The normalized spacial score (nSPS) is 13.7. The summed E-state index contributed by atoms with van der Waals surface area (Å²) in [6.45, 7) is 4.77. The van der Waals surface area contributed by atoms with Crippen molar-refractivity contribution in [1.29, 1.82) is 0 Å². The van der Waals surface area contributed by atoms with Gasteiger partial charge in [-0.15, -0.1) is 0 Å². The van der Waals surface area contributed by atoms with Crippen molar-refractivity contribution in [1.82, 2.24) is 5.32 Å². The molecule has 0 aromatic rings. The molecule has 0 rings (SSSR count). The van der Waals surface area contributed by atoms with Crippen LogP contribution in [-0.2, 0) is 19.1 Å². The summed E-state index contributed by atoms with van der Waals surface area (Å²) in [5.41, 5.74) is 5.48. The first kappa shape index (κ1) is 53.0. The molecule has 2 atom stereocenters. The second-order valence-electron chi connectivity index (χ2n) is 14.4. The van der Waals surface area contributed by atoms with Gasteiger partial charge >= 0.3 is 11.9 Å². The Morgan fingerprint density at radius 1 is 0.544 bits per heavy atom. The predicted molar refractivity (Wildman–Crippen MR) is 243 cm³/mol. The van der Waals surface area contributed by atoms with Crippen LogP contribution in [0, 0.1) is 0 Å². The number of amides is 1. The minimum Gasteiger partial charge on any atom is -0.480 e. The Morgan fingerprint density at radius 2 is 1.04 bits per heavy atom. The Morgan fingerprint density at radius 3 is 1.56 bits per heavy atom. The number of carboxylic acid groups (broad SMARTS) is 1. The lowest BCUT2D eigenvalue weighted by molar-refractivity contribution is -0.147. The van der Waals surface area contributed by atoms with Crippen molar-refractivity contribution in [2.75, 3.05) is 6.54 Å². The van der Waals surface area contributed by atoms with Gasteiger partial charge in [0.2, 0.25) is 5.91 Å². The average Bonchev–Trinajstić information content (AvgIpc) is 3.20. The van der Waals surface area contributed by atoms with Crippen LogP contribution in [-0.4, -0.2) is 41.6 Å². The molecule has 320 valence electrons. The van der Waals surface area contributed by atoms with Gasteiger partial charge in [-0.05, 0) is 122 Å². The van der Waals surface area contributed by atoms with Gasteiger partial charge < -0.3 is 20.9 Å². The molecule has 0 fully saturated rings. The maximum absolute atomic E-state index is 12.7. The van der Waals surface area contributed by atoms with E-state index in [0.717, 1.165) is 96.3 Å². The molecule has 0 saturated heterocycles. The second kappa shape index (κ2) is 43.2. The summed E-state index contributed by atoms with van der Waals surface area (Å²) < 4.78 is 5.88. The Bertz CT molecular complexity index is 1250. The van der Waals surface area contributed by atoms with E-state index in [0.29, 0.717) is 38.6 Å². The lowest BCUT2D eigenvalue weighted by Gasteiger charge is -2.15. The monoisotopic (exact) mass is 789 g/mol. The number of aliphatic carboxylic acids is 1. The first-order valence-corrected chi connectivity index (χ1v) is 22.2. The van der Waals surface area contributed by atoms with Crippen molar-refractivity contribution in [2.45, 2.75) is 180 Å². The second-order valence-corrected chi connectivity index (χ2v) is 14.4. The van der Waals surface area contributed by atoms with Gasteiger partial charge in [0, 0.05) is 12.8 Å². The Kier molecular flexibility index (Phi) is 40.2. The molecule has 57 heavy (non-hydrogen) atoms. The van der Waals surface area contributed by atoms with Crippen LogP contribution < -0.4 is 11.1 Å². The van der Waals surface area contributed by atoms with Crippen molar-refractivity contribution in [3.05, 3.63) is 109 Å². The SMILES string of the molecule is CC/C=C\C/C=C\C/C=C\C/C=C\C/C=C\C/C=C\C/C=C\CCCC(=O)OC(/C=C\C/C=C\CCCCCC)CCCCCCC(=O)NC(CCCN)C(=O)O. The number of ether oxygens (including phenoxy) is 1. The molecule has 0 aliphatic rings. The highest BCUT2D eigenvalue weighted by molar-refractivity contribution is 5.83. The molecule has 0 aliphatic carbocycles. The van der Waals surface area contributed by atoms with Crippen LogP contribution in [0.3, 0.4) is 0 Å². The number of esters is 1. The molecule has 0 bridgehead atoms. The number of carboxylic acids is 1. The molecule has 0 aromatic carbocycles. The van der Waals surface area contributed by atoms with Crippen LogP contribution in [0.15, 0.2) is 109 Å². The molecule has 7 heteroatoms. The number of hydrogen-bond donors (Lipinski definition) is 3. The van der Waals surface area contributed by atoms with E-state index in [-0.39, 0.29) is 18.0 Å². The average molecular weight is 789 g/mol. The van der Waals surface area contributed by atoms with Gasteiger partial charge in [0.1, 0.15) is 12.1 Å². The Labute approximate surface area is 348 Å². The zero-order valence-electron chi connectivity index (χ0n) is 35.9. The Balaban J connectivity index is 4.42. The molecule has 0 aromatic heterocycles. The summed E-state index contributed by atoms with van der Waals surface area (Å²) in [5, 5.41) is 11.9. The van der Waals surface area contributed by atoms with Crippen molar-refractivity contribution in [3.63, 3.8) is 0 Å². The molecule has 0 heterocycles. The third kappa shape index (κ3) is 40.0. The van der Waals surface area contributed by atoms with Gasteiger partial charge in [0.25, 0.3) is 0 Å². The van der Waals surface area contributed by atoms with E-state index >= 15 is 0 Å². The van der Waals surface area contributed by atoms with Gasteiger partial charge in [0.15, 0.2) is 0 Å². The van der Waals surface area contributed by atoms with Crippen molar-refractivity contribution in [3.8, 4) is 0 Å². The van der Waals surface area contributed by atoms with Crippen molar-refractivity contribution < 1.29 is 24.2 Å². The van der Waals surface area contributed by atoms with Crippen LogP contribution in [0.1, 0.15) is 168 Å². The highest BCUT2D eigenvalue weighted by atomic mass is 16.5. The molecule has 0 aliphatic heterocycles. The van der Waals surface area contributed by atoms with Crippen LogP contribution in [0.2, 0.25) is 0 Å². The van der Waals surface area contributed by atoms with Gasteiger partial charge in [0.05, 0.1) is 0 Å². The topological polar surface area (TPSA) is 119 Å². The third-order valence-corrected chi connectivity index (χ3v) is 9.06. The fourth-order valence-electron chi connectivity index (χ4n) is 5.74. The summed E-state index contributed by atoms with van der Waals surface area (Å²) in [6.07, 6.45) is 60.1. The molecular formula is C50H80N2O5. The molecule has 0 radical (unpaired) electrons. The van der Waals surface area contributed by atoms with Gasteiger partial charge in [-0.3, -0.25) is 9.59 Å². The Hall–Kier alpha value is -3.97. The van der Waals surface area contributed by atoms with Crippen molar-refractivity contribution in [2.24, 2.45) is 5.73 Å². The van der Waals surface area contributed by atoms with Gasteiger partial charge in [-0.25, -0.2) is 4.79 Å². The van der Waals surface area contributed by atoms with E-state index in [1.165, 1.54) is 25.7 Å². The van der Waals surface area contributed by atoms with Crippen LogP contribution in [0.5, 0.6) is 0 Å². The number of unbranched alkanes of at least 4 members (excludes halogenated alkanes) is 8. The number of carbonyl (C=O) groups excluding carboxylic acids is 2. The van der Waals surface area contributed by atoms with E-state index in [2.05, 4.69) is 122 Å². The molecule has 0 spiro atoms. The number of nitrogens with two attached hydrogens (primary N) is 1. The van der Waals surface area contributed by atoms with E-state index in [9.17, 15) is 19.5 Å². The molecule has 1 amide bonds. The fraction of sp³-hybridized carbons (Fsp3) is 0.580. The predicted octanol–water partition coefficient (Wildman–Crippen LogP) is 12.8. The maximum Gasteiger partial charge on any atom is 0.326 e. The maximum atomic E-state index is 12.7. The molecule has 2 unspecified atom stereocenters. The third-order valence-electron chi connectivity index (χ3n) is 9.06. The van der Waals surface area contributed by atoms with E-state index in [1.807, 2.05) is 6.08 Å². The first-order chi connectivity index (χ1) is 27.9. The van der Waals surface area contributed by atoms with E-state index in [1.54, 1.807) is 0 Å². The van der Waals surface area contributed by atoms with Gasteiger partial charge in [-0.1, -0.05) is 149 Å². The number of nitrogens with one attached hydrogen (secondary N) is 1. The summed E-state index contributed by atoms with van der Waals surface area (Å²) in [5.74, 6) is -1.43. The minimum atomic E-state index is -1.03. The molecule has 0 saturated carbocycles. The first-order valence-electron chi connectivity index (χ1n) is 22.2. The number of hydrogen-bond acceptors (Lipinski definition) is 5. The van der Waals surface area contributed by atoms with Crippen LogP contribution >= 0.6 is 0 Å². The lowest BCUT2D eigenvalue weighted by Crippen LogP contribution is -2.40. The summed E-state index contributed by atoms with van der Waals surface area (Å²) in [4.78, 5) is 36.3. The zero-order chi connectivity index (χ0) is 41.7. The molecule has 4 N–H and O–H groups in total. The van der Waals surface area contributed by atoms with E-state index in [4.69, 9.17) is 10.5 Å². The molecule has 7 nitrogen and oxygen atoms in total. The highest BCUT2D eigenvalue weighted by Gasteiger charge is 2.19. The summed E-state index contributed by atoms with van der Waals surface area (Å²) >= 11 is 0. The quantitative estimate of drug-likeness (QED) is 0.0326. The lowest BCUT2D eigenvalue weighted by atomic mass is 10.1. The summed E-state index contributed by atoms with van der Waals surface area (Å²) in [6, 6.07) is -0.886. The minimum absolute atomic E-state index is 0.166. The highest BCUT2D eigenvalue weighted by Crippen LogP contribution is 2.14. The fourth-order valence-corrected chi connectivity index (χ4v) is 5.74. The smallest absolute Gasteiger partial charge is 0.326 e. The zero-order valence-corrected chi connectivity index (χ0v) is 35.9. The standard InChI is InChI=1S/C50H80N2O5/c1-3-5-7-9-11-13-14-15-16-17-18-19-20-21-22-23-24-25-26-28-30-32-38-44-49(54)57-46(40-35-31-29-27-12-10-8-6-4-2)41-36-33-34-37-43-48(53)52-47(50(55)56)42-39-45-51/h5,7,11,13,15-16,18-19,21-22,24-25,27-30,35,40,46-47H,3-4,6,8-10,12,14,17,20,23,26,31-34,36-39,41-45,51H2,1-2H3,(H,52,53)(H,55,56)/b7-5-,13-11-,16-15-,19-18-,22-21-,25-24-,29-27-,30-28-,40-35-. The number of carbonyl (C=O) groups is 3. The number of allylic oxidation sites excluding steroid dienone is 17. The van der Waals surface area contributed by atoms with E-state index < -0.39 is 12.0 Å².